The van der Waals surface area contributed by atoms with Gasteiger partial charge in [-0.1, -0.05) is 29.8 Å². The van der Waals surface area contributed by atoms with Crippen LogP contribution in [0.4, 0.5) is 5.69 Å². The molecule has 0 aliphatic heterocycles. The van der Waals surface area contributed by atoms with Gasteiger partial charge in [0.25, 0.3) is 5.91 Å². The zero-order valence-electron chi connectivity index (χ0n) is 17.2. The van der Waals surface area contributed by atoms with Crippen LogP contribution in [0.3, 0.4) is 0 Å². The molecule has 0 saturated heterocycles. The number of aromatic nitrogens is 4. The highest BCUT2D eigenvalue weighted by molar-refractivity contribution is 6.04. The van der Waals surface area contributed by atoms with Gasteiger partial charge in [0.15, 0.2) is 0 Å². The van der Waals surface area contributed by atoms with E-state index < -0.39 is 0 Å². The predicted octanol–water partition coefficient (Wildman–Crippen LogP) is 5.35. The number of carbonyl (C=O) groups is 1. The van der Waals surface area contributed by atoms with E-state index in [1.165, 1.54) is 0 Å². The molecule has 7 nitrogen and oxygen atoms in total. The van der Waals surface area contributed by atoms with Gasteiger partial charge < -0.3 is 9.73 Å². The Bertz CT molecular complexity index is 1370. The van der Waals surface area contributed by atoms with Gasteiger partial charge in [-0.05, 0) is 61.5 Å². The molecule has 0 aliphatic rings. The van der Waals surface area contributed by atoms with E-state index in [1.54, 1.807) is 30.5 Å². The topological polar surface area (TPSA) is 96.7 Å². The van der Waals surface area contributed by atoms with E-state index in [2.05, 4.69) is 25.7 Å². The lowest BCUT2D eigenvalue weighted by atomic mass is 10.1. The lowest BCUT2D eigenvalue weighted by molar-refractivity contribution is 0.102. The van der Waals surface area contributed by atoms with Crippen molar-refractivity contribution in [3.05, 3.63) is 96.2 Å². The summed E-state index contributed by atoms with van der Waals surface area (Å²) in [6.07, 6.45) is 1.69. The zero-order valence-corrected chi connectivity index (χ0v) is 17.2. The third kappa shape index (κ3) is 4.04. The van der Waals surface area contributed by atoms with Crippen molar-refractivity contribution in [2.45, 2.75) is 6.92 Å². The molecule has 32 heavy (non-hydrogen) atoms. The second-order valence-electron chi connectivity index (χ2n) is 7.36. The van der Waals surface area contributed by atoms with E-state index in [1.807, 2.05) is 61.5 Å². The fraction of sp³-hybridized carbons (Fsp3) is 0.0400. The summed E-state index contributed by atoms with van der Waals surface area (Å²) in [6.45, 7) is 2.01. The molecule has 1 amide bonds. The van der Waals surface area contributed by atoms with E-state index in [-0.39, 0.29) is 5.91 Å². The summed E-state index contributed by atoms with van der Waals surface area (Å²) in [5.41, 5.74) is 5.79. The van der Waals surface area contributed by atoms with Gasteiger partial charge in [-0.3, -0.25) is 9.89 Å². The summed E-state index contributed by atoms with van der Waals surface area (Å²) in [6, 6.07) is 24.4. The quantitative estimate of drug-likeness (QED) is 0.398. The van der Waals surface area contributed by atoms with Crippen LogP contribution in [0.5, 0.6) is 0 Å². The lowest BCUT2D eigenvalue weighted by Gasteiger charge is -2.07. The summed E-state index contributed by atoms with van der Waals surface area (Å²) in [5, 5.41) is 18.1. The number of hydrogen-bond donors (Lipinski definition) is 2. The van der Waals surface area contributed by atoms with Gasteiger partial charge in [-0.25, -0.2) is 0 Å². The largest absolute Gasteiger partial charge is 0.416 e. The molecule has 156 valence electrons. The zero-order chi connectivity index (χ0) is 21.9. The van der Waals surface area contributed by atoms with Gasteiger partial charge in [0.2, 0.25) is 11.8 Å². The molecule has 5 rings (SSSR count). The molecule has 2 aromatic heterocycles. The highest BCUT2D eigenvalue weighted by Gasteiger charge is 2.12. The Morgan fingerprint density at radius 3 is 2.34 bits per heavy atom. The molecule has 0 spiro atoms. The van der Waals surface area contributed by atoms with Crippen LogP contribution in [0, 0.1) is 6.92 Å². The summed E-state index contributed by atoms with van der Waals surface area (Å²) in [5.74, 6) is 0.660. The van der Waals surface area contributed by atoms with Crippen molar-refractivity contribution < 1.29 is 9.21 Å². The standard InChI is InChI=1S/C25H19N5O2/c1-16-4-2-6-20(14-16)25-30-29-24(32-25)18-10-8-17(9-11-18)23(31)27-21-7-3-5-19(15-21)22-12-13-26-28-22/h2-15H,1H3,(H,26,28)(H,27,31). The summed E-state index contributed by atoms with van der Waals surface area (Å²) >= 11 is 0. The molecule has 0 atom stereocenters. The SMILES string of the molecule is Cc1cccc(-c2nnc(-c3ccc(C(=O)Nc4cccc(-c5ccn[nH]5)c4)cc3)o2)c1. The number of nitrogens with zero attached hydrogens (tertiary/aromatic N) is 3. The molecule has 5 aromatic rings. The minimum absolute atomic E-state index is 0.204. The van der Waals surface area contributed by atoms with E-state index in [0.29, 0.717) is 23.0 Å². The van der Waals surface area contributed by atoms with Crippen LogP contribution in [0.2, 0.25) is 0 Å². The van der Waals surface area contributed by atoms with E-state index >= 15 is 0 Å². The average Bonchev–Trinajstić information content (AvgIpc) is 3.52. The minimum atomic E-state index is -0.204. The third-order valence-electron chi connectivity index (χ3n) is 5.02. The van der Waals surface area contributed by atoms with Crippen LogP contribution in [0.15, 0.2) is 89.5 Å². The van der Waals surface area contributed by atoms with Gasteiger partial charge in [-0.15, -0.1) is 10.2 Å². The molecule has 2 heterocycles. The Morgan fingerprint density at radius 2 is 1.59 bits per heavy atom. The second-order valence-corrected chi connectivity index (χ2v) is 7.36. The second kappa shape index (κ2) is 8.31. The van der Waals surface area contributed by atoms with Crippen LogP contribution in [-0.2, 0) is 0 Å². The highest BCUT2D eigenvalue weighted by Crippen LogP contribution is 2.25. The van der Waals surface area contributed by atoms with Crippen molar-refractivity contribution in [2.24, 2.45) is 0 Å². The Kier molecular flexibility index (Phi) is 5.05. The van der Waals surface area contributed by atoms with Crippen LogP contribution >= 0.6 is 0 Å². The number of carbonyl (C=O) groups excluding carboxylic acids is 1. The third-order valence-corrected chi connectivity index (χ3v) is 5.02. The Hall–Kier alpha value is -4.52. The normalized spacial score (nSPS) is 10.8. The molecule has 2 N–H and O–H groups in total. The maximum Gasteiger partial charge on any atom is 0.255 e. The van der Waals surface area contributed by atoms with Crippen LogP contribution in [-0.4, -0.2) is 26.3 Å². The van der Waals surface area contributed by atoms with Crippen LogP contribution in [0.25, 0.3) is 34.2 Å². The monoisotopic (exact) mass is 421 g/mol. The molecule has 0 aliphatic carbocycles. The van der Waals surface area contributed by atoms with Crippen molar-refractivity contribution in [3.8, 4) is 34.2 Å². The molecule has 0 saturated carbocycles. The fourth-order valence-corrected chi connectivity index (χ4v) is 3.38. The summed E-state index contributed by atoms with van der Waals surface area (Å²) in [4.78, 5) is 12.7. The first-order valence-electron chi connectivity index (χ1n) is 10.1. The van der Waals surface area contributed by atoms with Gasteiger partial charge in [0, 0.05) is 34.1 Å². The number of aromatic amines is 1. The number of nitrogens with one attached hydrogen (secondary N) is 2. The number of benzene rings is 3. The first-order chi connectivity index (χ1) is 15.7. The number of amides is 1. The van der Waals surface area contributed by atoms with Crippen molar-refractivity contribution in [1.82, 2.24) is 20.4 Å². The van der Waals surface area contributed by atoms with Crippen molar-refractivity contribution in [1.29, 1.82) is 0 Å². The van der Waals surface area contributed by atoms with Gasteiger partial charge >= 0.3 is 0 Å². The number of H-pyrrole nitrogens is 1. The number of rotatable bonds is 5. The van der Waals surface area contributed by atoms with E-state index in [4.69, 9.17) is 4.42 Å². The molecule has 0 bridgehead atoms. The number of hydrogen-bond acceptors (Lipinski definition) is 5. The molecule has 0 fully saturated rings. The van der Waals surface area contributed by atoms with Crippen LogP contribution in [0.1, 0.15) is 15.9 Å². The van der Waals surface area contributed by atoms with E-state index in [9.17, 15) is 4.79 Å². The predicted molar refractivity (Wildman–Crippen MR) is 122 cm³/mol. The summed E-state index contributed by atoms with van der Waals surface area (Å²) in [7, 11) is 0. The maximum absolute atomic E-state index is 12.7. The molecule has 3 aromatic carbocycles. The van der Waals surface area contributed by atoms with Crippen molar-refractivity contribution in [2.75, 3.05) is 5.32 Å². The first kappa shape index (κ1) is 19.4. The highest BCUT2D eigenvalue weighted by atomic mass is 16.4. The molecule has 7 heteroatoms. The van der Waals surface area contributed by atoms with Crippen molar-refractivity contribution in [3.63, 3.8) is 0 Å². The van der Waals surface area contributed by atoms with Gasteiger partial charge in [-0.2, -0.15) is 5.10 Å². The van der Waals surface area contributed by atoms with Crippen LogP contribution < -0.4 is 5.32 Å². The maximum atomic E-state index is 12.7. The Balaban J connectivity index is 1.31. The minimum Gasteiger partial charge on any atom is -0.416 e. The molecular formula is C25H19N5O2. The first-order valence-corrected chi connectivity index (χ1v) is 10.1. The Morgan fingerprint density at radius 1 is 0.844 bits per heavy atom. The Labute approximate surface area is 184 Å². The van der Waals surface area contributed by atoms with E-state index in [0.717, 1.165) is 27.9 Å². The van der Waals surface area contributed by atoms with Gasteiger partial charge in [0.05, 0.1) is 5.69 Å². The average molecular weight is 421 g/mol. The fourth-order valence-electron chi connectivity index (χ4n) is 3.38. The number of anilines is 1. The number of aryl methyl sites for hydroxylation is 1. The summed E-state index contributed by atoms with van der Waals surface area (Å²) < 4.78 is 5.82. The van der Waals surface area contributed by atoms with Crippen molar-refractivity contribution >= 4 is 11.6 Å². The molecular weight excluding hydrogens is 402 g/mol. The smallest absolute Gasteiger partial charge is 0.255 e. The van der Waals surface area contributed by atoms with Gasteiger partial charge in [0.1, 0.15) is 0 Å². The lowest BCUT2D eigenvalue weighted by Crippen LogP contribution is -2.11. The molecule has 0 radical (unpaired) electrons. The molecule has 0 unspecified atom stereocenters.